The van der Waals surface area contributed by atoms with Crippen molar-refractivity contribution in [2.75, 3.05) is 13.1 Å². The van der Waals surface area contributed by atoms with Crippen LogP contribution in [0.1, 0.15) is 24.0 Å². The molecule has 0 aromatic carbocycles. The van der Waals surface area contributed by atoms with Gasteiger partial charge in [0.25, 0.3) is 0 Å². The third-order valence-electron chi connectivity index (χ3n) is 4.61. The van der Waals surface area contributed by atoms with E-state index >= 15 is 0 Å². The van der Waals surface area contributed by atoms with E-state index in [2.05, 4.69) is 25.9 Å². The number of nitrogens with one attached hydrogen (secondary N) is 3. The largest absolute Gasteiger partial charge is 0.352 e. The minimum Gasteiger partial charge on any atom is -0.352 e. The fourth-order valence-electron chi connectivity index (χ4n) is 3.11. The minimum atomic E-state index is -0.707. The Morgan fingerprint density at radius 3 is 2.23 bits per heavy atom. The molecule has 3 heterocycles. The van der Waals surface area contributed by atoms with Gasteiger partial charge in [-0.1, -0.05) is 12.1 Å². The summed E-state index contributed by atoms with van der Waals surface area (Å²) in [6.45, 7) is 2.06. The Balaban J connectivity index is 1.56. The molecule has 0 bridgehead atoms. The van der Waals surface area contributed by atoms with Crippen LogP contribution in [0.15, 0.2) is 49.1 Å². The maximum absolute atomic E-state index is 12.8. The van der Waals surface area contributed by atoms with Crippen molar-refractivity contribution in [3.05, 3.63) is 60.2 Å². The van der Waals surface area contributed by atoms with Crippen LogP contribution >= 0.6 is 0 Å². The summed E-state index contributed by atoms with van der Waals surface area (Å²) in [5, 5.41) is 9.04. The number of aromatic nitrogens is 2. The molecule has 2 aromatic rings. The van der Waals surface area contributed by atoms with Crippen LogP contribution in [-0.4, -0.2) is 34.9 Å². The summed E-state index contributed by atoms with van der Waals surface area (Å²) < 4.78 is 0. The molecule has 1 fully saturated rings. The molecule has 1 saturated heterocycles. The van der Waals surface area contributed by atoms with Gasteiger partial charge in [-0.2, -0.15) is 0 Å². The van der Waals surface area contributed by atoms with E-state index < -0.39 is 5.41 Å². The Hall–Kier alpha value is -2.80. The molecule has 0 aliphatic carbocycles. The molecule has 2 amide bonds. The van der Waals surface area contributed by atoms with Crippen LogP contribution in [0.4, 0.5) is 0 Å². The predicted molar refractivity (Wildman–Crippen MR) is 96.7 cm³/mol. The standard InChI is InChI=1S/C19H23N5O2/c25-17(23-12-15-3-1-6-20-10-15)9-19(5-8-22-14-19)18(26)24-13-16-4-2-7-21-11-16/h1-4,6-7,10-11,22H,5,8-9,12-14H2,(H,23,25)(H,24,26). The number of hydrogen-bond acceptors (Lipinski definition) is 5. The molecule has 1 unspecified atom stereocenters. The first-order valence-electron chi connectivity index (χ1n) is 8.71. The number of carbonyl (C=O) groups is 2. The van der Waals surface area contributed by atoms with Crippen molar-refractivity contribution >= 4 is 11.8 Å². The fourth-order valence-corrected chi connectivity index (χ4v) is 3.11. The molecule has 1 aliphatic rings. The van der Waals surface area contributed by atoms with Gasteiger partial charge >= 0.3 is 0 Å². The van der Waals surface area contributed by atoms with Gasteiger partial charge in [0, 0.05) is 50.8 Å². The van der Waals surface area contributed by atoms with Crippen LogP contribution in [0.3, 0.4) is 0 Å². The fraction of sp³-hybridized carbons (Fsp3) is 0.368. The summed E-state index contributed by atoms with van der Waals surface area (Å²) in [6.07, 6.45) is 7.64. The van der Waals surface area contributed by atoms with E-state index in [0.29, 0.717) is 26.1 Å². The molecule has 0 radical (unpaired) electrons. The van der Waals surface area contributed by atoms with Gasteiger partial charge in [0.15, 0.2) is 0 Å². The second-order valence-electron chi connectivity index (χ2n) is 6.57. The van der Waals surface area contributed by atoms with Crippen LogP contribution in [0.2, 0.25) is 0 Å². The number of carbonyl (C=O) groups excluding carboxylic acids is 2. The molecule has 7 heteroatoms. The smallest absolute Gasteiger partial charge is 0.228 e. The van der Waals surface area contributed by atoms with Gasteiger partial charge in [0.05, 0.1) is 5.41 Å². The average Bonchev–Trinajstić information content (AvgIpc) is 3.16. The summed E-state index contributed by atoms with van der Waals surface area (Å²) in [7, 11) is 0. The van der Waals surface area contributed by atoms with Gasteiger partial charge in [-0.15, -0.1) is 0 Å². The third-order valence-corrected chi connectivity index (χ3v) is 4.61. The lowest BCUT2D eigenvalue weighted by Gasteiger charge is -2.26. The zero-order chi connectivity index (χ0) is 18.2. The van der Waals surface area contributed by atoms with Crippen LogP contribution in [-0.2, 0) is 22.7 Å². The Kier molecular flexibility index (Phi) is 5.91. The van der Waals surface area contributed by atoms with Crippen LogP contribution in [0.25, 0.3) is 0 Å². The maximum atomic E-state index is 12.8. The highest BCUT2D eigenvalue weighted by Crippen LogP contribution is 2.30. The number of amides is 2. The predicted octanol–water partition coefficient (Wildman–Crippen LogP) is 0.779. The van der Waals surface area contributed by atoms with E-state index in [9.17, 15) is 9.59 Å². The summed E-state index contributed by atoms with van der Waals surface area (Å²) in [4.78, 5) is 33.3. The van der Waals surface area contributed by atoms with Crippen molar-refractivity contribution in [1.82, 2.24) is 25.9 Å². The lowest BCUT2D eigenvalue weighted by Crippen LogP contribution is -2.45. The molecular weight excluding hydrogens is 330 g/mol. The molecule has 136 valence electrons. The molecule has 26 heavy (non-hydrogen) atoms. The van der Waals surface area contributed by atoms with E-state index in [1.807, 2.05) is 24.3 Å². The summed E-state index contributed by atoms with van der Waals surface area (Å²) in [6, 6.07) is 7.48. The van der Waals surface area contributed by atoms with Gasteiger partial charge < -0.3 is 16.0 Å². The Labute approximate surface area is 152 Å². The number of hydrogen-bond donors (Lipinski definition) is 3. The van der Waals surface area contributed by atoms with Crippen molar-refractivity contribution in [2.45, 2.75) is 25.9 Å². The highest BCUT2D eigenvalue weighted by Gasteiger charge is 2.42. The average molecular weight is 353 g/mol. The lowest BCUT2D eigenvalue weighted by molar-refractivity contribution is -0.135. The Morgan fingerprint density at radius 1 is 1.04 bits per heavy atom. The van der Waals surface area contributed by atoms with Crippen LogP contribution < -0.4 is 16.0 Å². The molecule has 0 saturated carbocycles. The molecule has 3 N–H and O–H groups in total. The van der Waals surface area contributed by atoms with E-state index in [4.69, 9.17) is 0 Å². The van der Waals surface area contributed by atoms with Gasteiger partial charge in [0.1, 0.15) is 0 Å². The Bertz CT molecular complexity index is 730. The van der Waals surface area contributed by atoms with Crippen molar-refractivity contribution < 1.29 is 9.59 Å². The molecule has 1 aliphatic heterocycles. The maximum Gasteiger partial charge on any atom is 0.228 e. The monoisotopic (exact) mass is 353 g/mol. The van der Waals surface area contributed by atoms with Crippen molar-refractivity contribution in [3.8, 4) is 0 Å². The zero-order valence-corrected chi connectivity index (χ0v) is 14.6. The molecular formula is C19H23N5O2. The van der Waals surface area contributed by atoms with Crippen molar-refractivity contribution in [1.29, 1.82) is 0 Å². The number of pyridine rings is 2. The highest BCUT2D eigenvalue weighted by molar-refractivity contribution is 5.89. The van der Waals surface area contributed by atoms with Gasteiger partial charge in [0.2, 0.25) is 11.8 Å². The van der Waals surface area contributed by atoms with Crippen LogP contribution in [0.5, 0.6) is 0 Å². The van der Waals surface area contributed by atoms with Gasteiger partial charge in [-0.3, -0.25) is 19.6 Å². The molecule has 3 rings (SSSR count). The quantitative estimate of drug-likeness (QED) is 0.684. The second-order valence-corrected chi connectivity index (χ2v) is 6.57. The van der Waals surface area contributed by atoms with Crippen molar-refractivity contribution in [2.24, 2.45) is 5.41 Å². The second kappa shape index (κ2) is 8.53. The van der Waals surface area contributed by atoms with Gasteiger partial charge in [-0.05, 0) is 36.2 Å². The molecule has 2 aromatic heterocycles. The zero-order valence-electron chi connectivity index (χ0n) is 14.6. The number of rotatable bonds is 7. The first-order valence-corrected chi connectivity index (χ1v) is 8.71. The molecule has 0 spiro atoms. The third kappa shape index (κ3) is 4.64. The normalized spacial score (nSPS) is 19.1. The number of nitrogens with zero attached hydrogens (tertiary/aromatic N) is 2. The van der Waals surface area contributed by atoms with E-state index in [-0.39, 0.29) is 18.2 Å². The van der Waals surface area contributed by atoms with E-state index in [0.717, 1.165) is 17.7 Å². The van der Waals surface area contributed by atoms with Crippen molar-refractivity contribution in [3.63, 3.8) is 0 Å². The van der Waals surface area contributed by atoms with E-state index in [1.54, 1.807) is 24.8 Å². The highest BCUT2D eigenvalue weighted by atomic mass is 16.2. The van der Waals surface area contributed by atoms with Crippen LogP contribution in [0, 0.1) is 5.41 Å². The van der Waals surface area contributed by atoms with Gasteiger partial charge in [-0.25, -0.2) is 0 Å². The first kappa shape index (κ1) is 18.0. The lowest BCUT2D eigenvalue weighted by atomic mass is 9.82. The summed E-state index contributed by atoms with van der Waals surface area (Å²) in [5.74, 6) is -0.225. The first-order chi connectivity index (χ1) is 12.7. The molecule has 1 atom stereocenters. The minimum absolute atomic E-state index is 0.0946. The molecule has 7 nitrogen and oxygen atoms in total. The summed E-state index contributed by atoms with van der Waals surface area (Å²) in [5.41, 5.74) is 1.16. The van der Waals surface area contributed by atoms with E-state index in [1.165, 1.54) is 0 Å². The topological polar surface area (TPSA) is 96.0 Å². The SMILES string of the molecule is O=C(CC1(C(=O)NCc2cccnc2)CCNC1)NCc1cccnc1. The Morgan fingerprint density at radius 2 is 1.69 bits per heavy atom. The summed E-state index contributed by atoms with van der Waals surface area (Å²) >= 11 is 0.